The number of amides is 2. The molecule has 0 bridgehead atoms. The van der Waals surface area contributed by atoms with Crippen LogP contribution < -0.4 is 10.2 Å². The molecule has 0 aliphatic carbocycles. The maximum absolute atomic E-state index is 13.2. The first-order chi connectivity index (χ1) is 17.0. The monoisotopic (exact) mass is 476 g/mol. The first-order valence-corrected chi connectivity index (χ1v) is 12.5. The Kier molecular flexibility index (Phi) is 10.8. The molecule has 2 aromatic rings. The molecule has 0 spiro atoms. The maximum Gasteiger partial charge on any atom is 0.227 e. The number of anilines is 1. The third-order valence-electron chi connectivity index (χ3n) is 5.68. The number of carbonyl (C=O) groups is 2. The lowest BCUT2D eigenvalue weighted by molar-refractivity contribution is -0.122. The second-order valence-electron chi connectivity index (χ2n) is 8.85. The van der Waals surface area contributed by atoms with Crippen LogP contribution in [0.3, 0.4) is 0 Å². The number of hydrogen-bond acceptors (Lipinski definition) is 4. The molecule has 1 N–H and O–H groups in total. The lowest BCUT2D eigenvalue weighted by Crippen LogP contribution is -2.31. The summed E-state index contributed by atoms with van der Waals surface area (Å²) in [6.07, 6.45) is 3.13. The van der Waals surface area contributed by atoms with Crippen molar-refractivity contribution in [1.29, 1.82) is 0 Å². The van der Waals surface area contributed by atoms with E-state index in [2.05, 4.69) is 17.2 Å². The normalized spacial score (nSPS) is 12.1. The zero-order valence-corrected chi connectivity index (χ0v) is 20.8. The van der Waals surface area contributed by atoms with E-state index in [-0.39, 0.29) is 17.9 Å². The smallest absolute Gasteiger partial charge is 0.227 e. The summed E-state index contributed by atoms with van der Waals surface area (Å²) in [6, 6.07) is 15.7. The fourth-order valence-electron chi connectivity index (χ4n) is 3.84. The van der Waals surface area contributed by atoms with Crippen LogP contribution in [0.1, 0.15) is 62.6 Å². The number of fused-ring (bicyclic) bond motifs is 2. The minimum absolute atomic E-state index is 0.0152. The minimum atomic E-state index is 0.0152. The van der Waals surface area contributed by atoms with E-state index in [0.717, 1.165) is 28.8 Å². The Hall–Kier alpha value is -3.14. The van der Waals surface area contributed by atoms with Crippen molar-refractivity contribution in [2.24, 2.45) is 0 Å². The number of nitrogens with zero attached hydrogens (tertiary/aromatic N) is 1. The average Bonchev–Trinajstić information content (AvgIpc) is 2.84. The molecule has 6 heteroatoms. The Morgan fingerprint density at radius 2 is 1.63 bits per heavy atom. The second kappa shape index (κ2) is 14.3. The largest absolute Gasteiger partial charge is 0.379 e. The van der Waals surface area contributed by atoms with Gasteiger partial charge in [-0.3, -0.25) is 9.59 Å². The Labute approximate surface area is 209 Å². The van der Waals surface area contributed by atoms with Gasteiger partial charge in [-0.25, -0.2) is 0 Å². The van der Waals surface area contributed by atoms with Crippen LogP contribution >= 0.6 is 0 Å². The SMILES string of the molecule is CC(C)OCCOCCCNC(=O)CCCCC(=O)N1Cc2ccccc2C#Cc2ccccc21. The van der Waals surface area contributed by atoms with E-state index in [1.165, 1.54) is 0 Å². The number of benzene rings is 2. The summed E-state index contributed by atoms with van der Waals surface area (Å²) in [4.78, 5) is 27.1. The highest BCUT2D eigenvalue weighted by atomic mass is 16.5. The van der Waals surface area contributed by atoms with E-state index < -0.39 is 0 Å². The highest BCUT2D eigenvalue weighted by molar-refractivity contribution is 5.95. The van der Waals surface area contributed by atoms with E-state index in [0.29, 0.717) is 58.6 Å². The second-order valence-corrected chi connectivity index (χ2v) is 8.85. The zero-order chi connectivity index (χ0) is 24.9. The van der Waals surface area contributed by atoms with Crippen molar-refractivity contribution in [3.63, 3.8) is 0 Å². The number of unbranched alkanes of at least 4 members (excludes halogenated alkanes) is 1. The number of ether oxygens (including phenoxy) is 2. The summed E-state index contributed by atoms with van der Waals surface area (Å²) in [5.74, 6) is 6.52. The fraction of sp³-hybridized carbons (Fsp3) is 0.448. The van der Waals surface area contributed by atoms with Crippen LogP contribution in [0, 0.1) is 11.8 Å². The summed E-state index contributed by atoms with van der Waals surface area (Å²) >= 11 is 0. The fourth-order valence-corrected chi connectivity index (χ4v) is 3.84. The van der Waals surface area contributed by atoms with Gasteiger partial charge in [0.05, 0.1) is 31.5 Å². The molecule has 0 aromatic heterocycles. The Bertz CT molecular complexity index is 1040. The van der Waals surface area contributed by atoms with Gasteiger partial charge in [0, 0.05) is 37.1 Å². The molecule has 0 atom stereocenters. The highest BCUT2D eigenvalue weighted by Gasteiger charge is 2.20. The molecule has 1 aliphatic rings. The molecule has 1 aliphatic heterocycles. The van der Waals surface area contributed by atoms with Crippen molar-refractivity contribution in [2.75, 3.05) is 31.3 Å². The molecule has 0 saturated heterocycles. The number of para-hydroxylation sites is 1. The lowest BCUT2D eigenvalue weighted by atomic mass is 10.0. The molecule has 0 saturated carbocycles. The van der Waals surface area contributed by atoms with E-state index in [4.69, 9.17) is 9.47 Å². The Morgan fingerprint density at radius 1 is 0.914 bits per heavy atom. The van der Waals surface area contributed by atoms with Crippen LogP contribution in [0.25, 0.3) is 0 Å². The molecule has 2 aromatic carbocycles. The first-order valence-electron chi connectivity index (χ1n) is 12.5. The average molecular weight is 477 g/mol. The van der Waals surface area contributed by atoms with Crippen LogP contribution in [-0.2, 0) is 25.6 Å². The van der Waals surface area contributed by atoms with Gasteiger partial charge in [0.25, 0.3) is 0 Å². The van der Waals surface area contributed by atoms with Gasteiger partial charge in [0.1, 0.15) is 0 Å². The van der Waals surface area contributed by atoms with Crippen LogP contribution in [0.5, 0.6) is 0 Å². The molecule has 186 valence electrons. The molecule has 35 heavy (non-hydrogen) atoms. The summed E-state index contributed by atoms with van der Waals surface area (Å²) in [5, 5.41) is 2.92. The number of nitrogens with one attached hydrogen (secondary N) is 1. The topological polar surface area (TPSA) is 67.9 Å². The molecule has 3 rings (SSSR count). The Morgan fingerprint density at radius 3 is 2.46 bits per heavy atom. The maximum atomic E-state index is 13.2. The van der Waals surface area contributed by atoms with Crippen molar-refractivity contribution in [1.82, 2.24) is 5.32 Å². The number of hydrogen-bond donors (Lipinski definition) is 1. The first kappa shape index (κ1) is 26.5. The van der Waals surface area contributed by atoms with Crippen molar-refractivity contribution >= 4 is 17.5 Å². The van der Waals surface area contributed by atoms with Crippen molar-refractivity contribution in [2.45, 2.75) is 58.6 Å². The summed E-state index contributed by atoms with van der Waals surface area (Å²) in [6.45, 7) is 6.83. The van der Waals surface area contributed by atoms with Crippen molar-refractivity contribution in [3.8, 4) is 11.8 Å². The molecular weight excluding hydrogens is 440 g/mol. The number of rotatable bonds is 13. The minimum Gasteiger partial charge on any atom is -0.379 e. The predicted octanol–water partition coefficient (Wildman–Crippen LogP) is 4.44. The van der Waals surface area contributed by atoms with Crippen molar-refractivity contribution < 1.29 is 19.1 Å². The van der Waals surface area contributed by atoms with Gasteiger partial charge in [-0.2, -0.15) is 0 Å². The third kappa shape index (κ3) is 8.86. The highest BCUT2D eigenvalue weighted by Crippen LogP contribution is 2.26. The van der Waals surface area contributed by atoms with Crippen LogP contribution in [0.4, 0.5) is 5.69 Å². The molecular formula is C29H36N2O4. The van der Waals surface area contributed by atoms with Gasteiger partial charge in [0.15, 0.2) is 0 Å². The van der Waals surface area contributed by atoms with Crippen LogP contribution in [-0.4, -0.2) is 44.3 Å². The van der Waals surface area contributed by atoms with E-state index in [1.54, 1.807) is 0 Å². The van der Waals surface area contributed by atoms with Gasteiger partial charge in [-0.05, 0) is 56.9 Å². The van der Waals surface area contributed by atoms with E-state index >= 15 is 0 Å². The van der Waals surface area contributed by atoms with Gasteiger partial charge in [-0.1, -0.05) is 42.2 Å². The number of carbonyl (C=O) groups excluding carboxylic acids is 2. The quantitative estimate of drug-likeness (QED) is 0.343. The predicted molar refractivity (Wildman–Crippen MR) is 138 cm³/mol. The van der Waals surface area contributed by atoms with E-state index in [9.17, 15) is 9.59 Å². The standard InChI is InChI=1S/C29H36N2O4/c1-23(2)35-21-20-34-19-9-18-30-28(32)14-7-8-15-29(33)31-22-26-12-4-3-10-24(26)16-17-25-11-5-6-13-27(25)31/h3-6,10-13,23H,7-9,14-15,18-22H2,1-2H3,(H,30,32). The van der Waals surface area contributed by atoms with Crippen LogP contribution in [0.15, 0.2) is 48.5 Å². The van der Waals surface area contributed by atoms with Gasteiger partial charge in [-0.15, -0.1) is 0 Å². The molecule has 0 radical (unpaired) electrons. The molecule has 6 nitrogen and oxygen atoms in total. The van der Waals surface area contributed by atoms with Crippen molar-refractivity contribution in [3.05, 3.63) is 65.2 Å². The van der Waals surface area contributed by atoms with E-state index in [1.807, 2.05) is 67.3 Å². The van der Waals surface area contributed by atoms with Crippen LogP contribution in [0.2, 0.25) is 0 Å². The molecule has 0 unspecified atom stereocenters. The van der Waals surface area contributed by atoms with Gasteiger partial charge < -0.3 is 19.7 Å². The summed E-state index contributed by atoms with van der Waals surface area (Å²) < 4.78 is 10.9. The summed E-state index contributed by atoms with van der Waals surface area (Å²) in [7, 11) is 0. The molecule has 0 fully saturated rings. The molecule has 1 heterocycles. The zero-order valence-electron chi connectivity index (χ0n) is 20.8. The van der Waals surface area contributed by atoms with Gasteiger partial charge in [0.2, 0.25) is 11.8 Å². The molecule has 2 amide bonds. The third-order valence-corrected chi connectivity index (χ3v) is 5.68. The van der Waals surface area contributed by atoms with Gasteiger partial charge >= 0.3 is 0 Å². The summed E-state index contributed by atoms with van der Waals surface area (Å²) in [5.41, 5.74) is 3.69. The Balaban J connectivity index is 1.39. The lowest BCUT2D eigenvalue weighted by Gasteiger charge is -2.26.